The quantitative estimate of drug-likeness (QED) is 0.346. The molecule has 7 atom stereocenters. The summed E-state index contributed by atoms with van der Waals surface area (Å²) in [6, 6.07) is 11.5. The number of piperazine rings is 2. The van der Waals surface area contributed by atoms with Crippen LogP contribution in [0.2, 0.25) is 5.02 Å². The Morgan fingerprint density at radius 3 is 2.53 bits per heavy atom. The number of anilines is 1. The lowest BCUT2D eigenvalue weighted by molar-refractivity contribution is -0.101. The first-order chi connectivity index (χ1) is 27.6. The molecule has 7 rings (SSSR count). The lowest BCUT2D eigenvalue weighted by atomic mass is 9.63. The van der Waals surface area contributed by atoms with E-state index in [1.54, 1.807) is 36.5 Å². The molecular weight excluding hydrogens is 798 g/mol. The van der Waals surface area contributed by atoms with Crippen molar-refractivity contribution in [2.45, 2.75) is 82.1 Å². The zero-order valence-electron chi connectivity index (χ0n) is 34.7. The number of sulfonamides is 2. The Balaban J connectivity index is 1.25. The first kappa shape index (κ1) is 43.4. The Morgan fingerprint density at radius 2 is 1.81 bits per heavy atom. The van der Waals surface area contributed by atoms with Crippen LogP contribution in [0.25, 0.3) is 0 Å². The molecule has 2 aromatic carbocycles. The molecule has 1 amide bonds. The second kappa shape index (κ2) is 17.7. The van der Waals surface area contributed by atoms with E-state index in [-0.39, 0.29) is 35.3 Å². The number of unbranched alkanes of at least 4 members (excludes halogenated alkanes) is 1. The molecule has 15 heteroatoms. The highest BCUT2D eigenvalue weighted by Gasteiger charge is 2.49. The lowest BCUT2D eigenvalue weighted by Gasteiger charge is -2.53. The summed E-state index contributed by atoms with van der Waals surface area (Å²) in [5, 5.41) is -0.117. The molecule has 1 aliphatic carbocycles. The SMILES string of the molecule is CCCCc1cc(Cl)ccc1[C@@H]1COc2ccc3cc2N(C1)C[C@@H]1CC[C@H]1[C@](CN1CCN2CCN(S(C)(=O)=O)C[C@H]2C1)(OC)/C=C/C[C@H](C)[C@@H](C)S(=O)(=O)NC3=O. The summed E-state index contributed by atoms with van der Waals surface area (Å²) in [5.74, 6) is 0.157. The van der Waals surface area contributed by atoms with E-state index in [0.29, 0.717) is 56.5 Å². The third-order valence-corrected chi connectivity index (χ3v) is 17.2. The third kappa shape index (κ3) is 9.28. The van der Waals surface area contributed by atoms with E-state index in [1.165, 1.54) is 17.4 Å². The number of ether oxygens (including phenoxy) is 2. The lowest BCUT2D eigenvalue weighted by Crippen LogP contribution is -2.65. The number of nitrogens with zero attached hydrogens (tertiary/aromatic N) is 4. The van der Waals surface area contributed by atoms with Crippen molar-refractivity contribution in [3.63, 3.8) is 0 Å². The molecule has 1 saturated carbocycles. The first-order valence-corrected chi connectivity index (χ1v) is 24.9. The molecular formula is C43H62ClN5O7S2. The van der Waals surface area contributed by atoms with Crippen LogP contribution in [0.15, 0.2) is 48.6 Å². The molecule has 4 aliphatic heterocycles. The van der Waals surface area contributed by atoms with Gasteiger partial charge in [0.25, 0.3) is 5.91 Å². The van der Waals surface area contributed by atoms with Gasteiger partial charge in [0.1, 0.15) is 11.4 Å². The summed E-state index contributed by atoms with van der Waals surface area (Å²) < 4.78 is 69.7. The number of fused-ring (bicyclic) bond motifs is 3. The topological polar surface area (TPSA) is 129 Å². The van der Waals surface area contributed by atoms with Gasteiger partial charge in [-0.25, -0.2) is 21.6 Å². The van der Waals surface area contributed by atoms with Gasteiger partial charge in [0.05, 0.1) is 23.8 Å². The van der Waals surface area contributed by atoms with Crippen molar-refractivity contribution < 1.29 is 31.1 Å². The minimum Gasteiger partial charge on any atom is -0.491 e. The summed E-state index contributed by atoms with van der Waals surface area (Å²) in [4.78, 5) is 20.9. The smallest absolute Gasteiger partial charge is 0.264 e. The fourth-order valence-corrected chi connectivity index (χ4v) is 12.2. The number of rotatable bonds is 8. The minimum absolute atomic E-state index is 0.0194. The van der Waals surface area contributed by atoms with Crippen LogP contribution in [0.1, 0.15) is 80.3 Å². The van der Waals surface area contributed by atoms with Crippen molar-refractivity contribution >= 4 is 43.2 Å². The monoisotopic (exact) mass is 859 g/mol. The molecule has 58 heavy (non-hydrogen) atoms. The number of hydrogen-bond acceptors (Lipinski definition) is 10. The van der Waals surface area contributed by atoms with Crippen LogP contribution in [0.4, 0.5) is 5.69 Å². The van der Waals surface area contributed by atoms with Gasteiger partial charge in [-0.05, 0) is 98.2 Å². The van der Waals surface area contributed by atoms with Gasteiger partial charge in [0.15, 0.2) is 0 Å². The molecule has 1 N–H and O–H groups in total. The van der Waals surface area contributed by atoms with Crippen molar-refractivity contribution in [3.8, 4) is 5.75 Å². The molecule has 3 fully saturated rings. The van der Waals surface area contributed by atoms with Crippen LogP contribution >= 0.6 is 11.6 Å². The average molecular weight is 861 g/mol. The second-order valence-electron chi connectivity index (χ2n) is 17.5. The maximum atomic E-state index is 13.7. The fourth-order valence-electron chi connectivity index (χ4n) is 9.89. The van der Waals surface area contributed by atoms with Gasteiger partial charge >= 0.3 is 0 Å². The molecule has 5 aliphatic rings. The normalized spacial score (nSPS) is 31.8. The van der Waals surface area contributed by atoms with Gasteiger partial charge in [-0.3, -0.25) is 14.6 Å². The van der Waals surface area contributed by atoms with E-state index < -0.39 is 36.8 Å². The van der Waals surface area contributed by atoms with Gasteiger partial charge in [-0.1, -0.05) is 50.1 Å². The number of carbonyl (C=O) groups excluding carboxylic acids is 1. The summed E-state index contributed by atoms with van der Waals surface area (Å²) in [7, 11) is -5.51. The Labute approximate surface area is 351 Å². The predicted molar refractivity (Wildman–Crippen MR) is 230 cm³/mol. The number of allylic oxidation sites excluding steroid dienone is 1. The Bertz CT molecular complexity index is 2070. The van der Waals surface area contributed by atoms with E-state index in [9.17, 15) is 21.6 Å². The van der Waals surface area contributed by atoms with Gasteiger partial charge in [0.2, 0.25) is 20.0 Å². The molecule has 12 nitrogen and oxygen atoms in total. The highest BCUT2D eigenvalue weighted by Crippen LogP contribution is 2.47. The maximum absolute atomic E-state index is 13.7. The van der Waals surface area contributed by atoms with Gasteiger partial charge in [0, 0.05) is 88.6 Å². The summed E-state index contributed by atoms with van der Waals surface area (Å²) in [5.41, 5.74) is 2.81. The highest BCUT2D eigenvalue weighted by molar-refractivity contribution is 7.90. The molecule has 0 spiro atoms. The number of amides is 1. The average Bonchev–Trinajstić information content (AvgIpc) is 3.36. The molecule has 0 unspecified atom stereocenters. The van der Waals surface area contributed by atoms with E-state index in [2.05, 4.69) is 50.6 Å². The van der Waals surface area contributed by atoms with Crippen molar-refractivity contribution in [1.29, 1.82) is 0 Å². The van der Waals surface area contributed by atoms with Crippen LogP contribution in [-0.4, -0.2) is 133 Å². The highest BCUT2D eigenvalue weighted by atomic mass is 35.5. The Kier molecular flexibility index (Phi) is 13.2. The van der Waals surface area contributed by atoms with Crippen molar-refractivity contribution in [1.82, 2.24) is 18.8 Å². The second-order valence-corrected chi connectivity index (χ2v) is 21.9. The van der Waals surface area contributed by atoms with E-state index in [0.717, 1.165) is 64.0 Å². The first-order valence-electron chi connectivity index (χ1n) is 21.1. The zero-order chi connectivity index (χ0) is 41.4. The molecule has 2 saturated heterocycles. The number of carbonyl (C=O) groups is 1. The summed E-state index contributed by atoms with van der Waals surface area (Å²) in [6.07, 6.45) is 11.1. The Morgan fingerprint density at radius 1 is 1.02 bits per heavy atom. The van der Waals surface area contributed by atoms with E-state index in [4.69, 9.17) is 21.1 Å². The molecule has 0 radical (unpaired) electrons. The van der Waals surface area contributed by atoms with Crippen molar-refractivity contribution in [3.05, 3.63) is 70.3 Å². The minimum atomic E-state index is -4.01. The van der Waals surface area contributed by atoms with Crippen LogP contribution in [0.5, 0.6) is 5.75 Å². The van der Waals surface area contributed by atoms with Gasteiger partial charge in [-0.15, -0.1) is 0 Å². The largest absolute Gasteiger partial charge is 0.491 e. The summed E-state index contributed by atoms with van der Waals surface area (Å²) >= 11 is 6.54. The molecule has 4 heterocycles. The fraction of sp³-hybridized carbons (Fsp3) is 0.651. The number of halogens is 1. The van der Waals surface area contributed by atoms with E-state index in [1.807, 2.05) is 13.0 Å². The number of aryl methyl sites for hydroxylation is 1. The van der Waals surface area contributed by atoms with Crippen molar-refractivity contribution in [2.75, 3.05) is 83.8 Å². The Hall–Kier alpha value is -2.72. The number of benzene rings is 2. The van der Waals surface area contributed by atoms with Crippen LogP contribution in [-0.2, 0) is 31.2 Å². The predicted octanol–water partition coefficient (Wildman–Crippen LogP) is 5.38. The zero-order valence-corrected chi connectivity index (χ0v) is 37.1. The number of hydrogen-bond donors (Lipinski definition) is 1. The molecule has 2 bridgehead atoms. The van der Waals surface area contributed by atoms with Crippen LogP contribution in [0, 0.1) is 17.8 Å². The maximum Gasteiger partial charge on any atom is 0.264 e. The number of methoxy groups -OCH3 is 1. The van der Waals surface area contributed by atoms with E-state index >= 15 is 0 Å². The van der Waals surface area contributed by atoms with Crippen molar-refractivity contribution in [2.24, 2.45) is 17.8 Å². The molecule has 0 aromatic heterocycles. The third-order valence-electron chi connectivity index (χ3n) is 13.8. The van der Waals surface area contributed by atoms with Crippen LogP contribution < -0.4 is 14.4 Å². The van der Waals surface area contributed by atoms with Gasteiger partial charge in [-0.2, -0.15) is 4.31 Å². The standard InChI is InChI=1S/C43H62ClN5O7S2/c1-6-7-10-32-22-36(44)13-14-38(32)35-25-48-24-34-11-15-39(34)43(55-4,29-46-18-19-47-20-21-49(57(5,51)52)27-37(47)26-46)17-8-9-30(2)31(3)58(53,54)45-42(50)33-12-16-41(56-28-35)40(48)23-33/h8,12-14,16-17,22-23,30-31,34-35,37,39H,6-7,9-11,15,18-21,24-29H2,1-5H3,(H,45,50)/b17-8+/t30-,31+,34-,35-,37+,39+,43-/m0/s1. The molecule has 320 valence electrons. The van der Waals surface area contributed by atoms with Gasteiger partial charge < -0.3 is 14.4 Å². The summed E-state index contributed by atoms with van der Waals surface area (Å²) in [6.45, 7) is 12.3. The number of nitrogens with one attached hydrogen (secondary N) is 1. The van der Waals surface area contributed by atoms with Crippen LogP contribution in [0.3, 0.4) is 0 Å². The molecule has 2 aromatic rings.